The molecule has 1 aliphatic heterocycles. The molecule has 2 aromatic carbocycles. The van der Waals surface area contributed by atoms with E-state index in [-0.39, 0.29) is 5.91 Å². The first-order chi connectivity index (χ1) is 19.9. The molecule has 3 heterocycles. The largest absolute Gasteiger partial charge is 0.317 e. The lowest BCUT2D eigenvalue weighted by Gasteiger charge is -2.38. The van der Waals surface area contributed by atoms with Crippen LogP contribution in [-0.4, -0.2) is 32.2 Å². The van der Waals surface area contributed by atoms with Crippen LogP contribution in [0, 0.1) is 16.7 Å². The van der Waals surface area contributed by atoms with Gasteiger partial charge >= 0.3 is 0 Å². The lowest BCUT2D eigenvalue weighted by Crippen LogP contribution is -2.36. The molecule has 2 aliphatic carbocycles. The first-order valence-corrected chi connectivity index (χ1v) is 14.5. The Morgan fingerprint density at radius 3 is 2.63 bits per heavy atom. The second kappa shape index (κ2) is 9.93. The molecule has 8 heteroatoms. The highest BCUT2D eigenvalue weighted by Gasteiger charge is 2.33. The number of anilines is 1. The highest BCUT2D eigenvalue weighted by Crippen LogP contribution is 2.43. The first kappa shape index (κ1) is 25.6. The van der Waals surface area contributed by atoms with E-state index in [4.69, 9.17) is 4.98 Å². The van der Waals surface area contributed by atoms with Crippen LogP contribution in [0.15, 0.2) is 54.9 Å². The van der Waals surface area contributed by atoms with Gasteiger partial charge in [-0.25, -0.2) is 4.98 Å². The summed E-state index contributed by atoms with van der Waals surface area (Å²) in [6.45, 7) is 4.62. The summed E-state index contributed by atoms with van der Waals surface area (Å²) in [4.78, 5) is 20.6. The maximum atomic E-state index is 13.8. The number of benzene rings is 2. The second-order valence-corrected chi connectivity index (χ2v) is 12.2. The summed E-state index contributed by atoms with van der Waals surface area (Å²) in [6, 6.07) is 18.3. The van der Waals surface area contributed by atoms with Gasteiger partial charge in [0.1, 0.15) is 12.1 Å². The van der Waals surface area contributed by atoms with E-state index in [0.29, 0.717) is 35.1 Å². The van der Waals surface area contributed by atoms with Gasteiger partial charge in [-0.15, -0.1) is 10.2 Å². The summed E-state index contributed by atoms with van der Waals surface area (Å²) in [6.07, 6.45) is 7.76. The van der Waals surface area contributed by atoms with E-state index in [1.807, 2.05) is 41.9 Å². The van der Waals surface area contributed by atoms with E-state index in [9.17, 15) is 10.1 Å². The molecule has 206 valence electrons. The normalized spacial score (nSPS) is 17.3. The number of amides is 1. The van der Waals surface area contributed by atoms with Gasteiger partial charge in [0, 0.05) is 42.9 Å². The van der Waals surface area contributed by atoms with E-state index in [1.165, 1.54) is 19.3 Å². The van der Waals surface area contributed by atoms with Crippen molar-refractivity contribution in [1.29, 1.82) is 5.26 Å². The number of hydrogen-bond donors (Lipinski definition) is 1. The molecule has 4 aromatic rings. The Balaban J connectivity index is 1.21. The Hall–Kier alpha value is -4.35. The number of fused-ring (bicyclic) bond motifs is 1. The molecule has 0 atom stereocenters. The zero-order chi connectivity index (χ0) is 28.1. The van der Waals surface area contributed by atoms with Crippen LogP contribution in [0.5, 0.6) is 0 Å². The van der Waals surface area contributed by atoms with Gasteiger partial charge in [-0.05, 0) is 83.7 Å². The van der Waals surface area contributed by atoms with Gasteiger partial charge in [-0.1, -0.05) is 31.5 Å². The summed E-state index contributed by atoms with van der Waals surface area (Å²) in [5.74, 6) is 1.74. The van der Waals surface area contributed by atoms with Crippen LogP contribution in [0.1, 0.15) is 77.7 Å². The molecular formula is C33H33N7O. The smallest absolute Gasteiger partial charge is 0.260 e. The molecule has 1 N–H and O–H groups in total. The van der Waals surface area contributed by atoms with Crippen molar-refractivity contribution in [2.24, 2.45) is 12.5 Å². The Morgan fingerprint density at radius 2 is 1.93 bits per heavy atom. The fourth-order valence-corrected chi connectivity index (χ4v) is 6.11. The van der Waals surface area contributed by atoms with Crippen LogP contribution in [0.2, 0.25) is 0 Å². The third-order valence-electron chi connectivity index (χ3n) is 8.94. The quantitative estimate of drug-likeness (QED) is 0.305. The van der Waals surface area contributed by atoms with Crippen molar-refractivity contribution >= 4 is 11.7 Å². The third-order valence-corrected chi connectivity index (χ3v) is 8.94. The minimum Gasteiger partial charge on any atom is -0.317 e. The number of carbonyl (C=O) groups excluding carboxylic acids is 1. The van der Waals surface area contributed by atoms with Crippen molar-refractivity contribution in [3.8, 4) is 28.6 Å². The van der Waals surface area contributed by atoms with Gasteiger partial charge in [-0.2, -0.15) is 5.26 Å². The molecule has 1 amide bonds. The van der Waals surface area contributed by atoms with E-state index in [2.05, 4.69) is 46.7 Å². The molecular weight excluding hydrogens is 510 g/mol. The predicted octanol–water partition coefficient (Wildman–Crippen LogP) is 5.73. The van der Waals surface area contributed by atoms with Crippen LogP contribution in [0.4, 0.5) is 5.82 Å². The molecule has 2 aromatic heterocycles. The summed E-state index contributed by atoms with van der Waals surface area (Å²) in [7, 11) is 1.89. The van der Waals surface area contributed by atoms with Gasteiger partial charge in [0.2, 0.25) is 0 Å². The Morgan fingerprint density at radius 1 is 1.07 bits per heavy atom. The minimum atomic E-state index is -0.00689. The van der Waals surface area contributed by atoms with Crippen LogP contribution < -0.4 is 10.2 Å². The van der Waals surface area contributed by atoms with Crippen LogP contribution in [-0.2, 0) is 20.1 Å². The number of nitrogens with one attached hydrogen (secondary N) is 1. The van der Waals surface area contributed by atoms with Crippen LogP contribution >= 0.6 is 0 Å². The fourth-order valence-electron chi connectivity index (χ4n) is 6.11. The monoisotopic (exact) mass is 543 g/mol. The van der Waals surface area contributed by atoms with Gasteiger partial charge in [-0.3, -0.25) is 9.69 Å². The van der Waals surface area contributed by atoms with Crippen LogP contribution in [0.3, 0.4) is 0 Å². The molecule has 8 nitrogen and oxygen atoms in total. The fraction of sp³-hybridized carbons (Fsp3) is 0.364. The minimum absolute atomic E-state index is 0.00689. The SMILES string of the molecule is Cn1cnnc1-c1cc(C#N)ccc1-c1cc(C2CC2)nc(N2Cc3ccc(CNCC4(C)CCC4)cc3C2=O)c1. The number of aromatic nitrogens is 4. The Labute approximate surface area is 240 Å². The van der Waals surface area contributed by atoms with Crippen molar-refractivity contribution in [1.82, 2.24) is 25.1 Å². The van der Waals surface area contributed by atoms with Gasteiger partial charge in [0.25, 0.3) is 5.91 Å². The topological polar surface area (TPSA) is 99.7 Å². The highest BCUT2D eigenvalue weighted by atomic mass is 16.2. The van der Waals surface area contributed by atoms with Crippen molar-refractivity contribution in [2.45, 2.75) is 58.0 Å². The molecule has 0 spiro atoms. The number of aryl methyl sites for hydroxylation is 1. The molecule has 41 heavy (non-hydrogen) atoms. The van der Waals surface area contributed by atoms with Crippen molar-refractivity contribution < 1.29 is 4.79 Å². The standard InChI is InChI=1S/C33H33N7O/c1-33(10-3-11-33)19-35-17-22-4-6-24-18-40(32(41)27(24)13-22)30-15-25(14-29(37-30)23-7-8-23)26-9-5-21(16-34)12-28(26)31-38-36-20-39(31)2/h4-6,9,12-15,20,23,35H,3,7-8,10-11,17-19H2,1-2H3. The molecule has 0 saturated heterocycles. The molecule has 7 rings (SSSR count). The number of carbonyl (C=O) groups is 1. The number of nitrogens with zero attached hydrogens (tertiary/aromatic N) is 6. The summed E-state index contributed by atoms with van der Waals surface area (Å²) in [5.41, 5.74) is 7.62. The predicted molar refractivity (Wildman–Crippen MR) is 157 cm³/mol. The number of rotatable bonds is 8. The average Bonchev–Trinajstić information content (AvgIpc) is 3.66. The van der Waals surface area contributed by atoms with Gasteiger partial charge in [0.05, 0.1) is 18.2 Å². The van der Waals surface area contributed by atoms with E-state index in [0.717, 1.165) is 65.0 Å². The van der Waals surface area contributed by atoms with Crippen molar-refractivity contribution in [3.05, 3.63) is 82.8 Å². The van der Waals surface area contributed by atoms with Crippen molar-refractivity contribution in [2.75, 3.05) is 11.4 Å². The third kappa shape index (κ3) is 4.81. The summed E-state index contributed by atoms with van der Waals surface area (Å²) < 4.78 is 1.85. The number of nitriles is 1. The van der Waals surface area contributed by atoms with Crippen molar-refractivity contribution in [3.63, 3.8) is 0 Å². The molecule has 3 aliphatic rings. The van der Waals surface area contributed by atoms with Crippen LogP contribution in [0.25, 0.3) is 22.5 Å². The molecule has 2 saturated carbocycles. The lowest BCUT2D eigenvalue weighted by atomic mass is 9.70. The molecule has 0 unspecified atom stereocenters. The van der Waals surface area contributed by atoms with E-state index < -0.39 is 0 Å². The number of hydrogen-bond acceptors (Lipinski definition) is 6. The van der Waals surface area contributed by atoms with Gasteiger partial charge in [0.15, 0.2) is 5.82 Å². The second-order valence-electron chi connectivity index (χ2n) is 12.2. The zero-order valence-electron chi connectivity index (χ0n) is 23.5. The zero-order valence-corrected chi connectivity index (χ0v) is 23.5. The summed E-state index contributed by atoms with van der Waals surface area (Å²) in [5, 5.41) is 21.6. The first-order valence-electron chi connectivity index (χ1n) is 14.5. The average molecular weight is 544 g/mol. The number of pyridine rings is 1. The Bertz CT molecular complexity index is 1710. The molecule has 0 radical (unpaired) electrons. The Kier molecular flexibility index (Phi) is 6.20. The molecule has 2 fully saturated rings. The maximum Gasteiger partial charge on any atom is 0.260 e. The molecule has 0 bridgehead atoms. The maximum absolute atomic E-state index is 13.8. The summed E-state index contributed by atoms with van der Waals surface area (Å²) >= 11 is 0. The van der Waals surface area contributed by atoms with E-state index >= 15 is 0 Å². The lowest BCUT2D eigenvalue weighted by molar-refractivity contribution is 0.0995. The van der Waals surface area contributed by atoms with E-state index in [1.54, 1.807) is 11.2 Å². The van der Waals surface area contributed by atoms with Gasteiger partial charge < -0.3 is 9.88 Å². The highest BCUT2D eigenvalue weighted by molar-refractivity contribution is 6.10.